The lowest BCUT2D eigenvalue weighted by atomic mass is 10.3. The van der Waals surface area contributed by atoms with Crippen LogP contribution in [0, 0.1) is 0 Å². The highest BCUT2D eigenvalue weighted by atomic mass is 35.5. The third-order valence-corrected chi connectivity index (χ3v) is 5.88. The molecule has 1 atom stereocenters. The summed E-state index contributed by atoms with van der Waals surface area (Å²) in [5.41, 5.74) is 0.138. The van der Waals surface area contributed by atoms with Gasteiger partial charge >= 0.3 is 5.97 Å². The van der Waals surface area contributed by atoms with E-state index in [0.717, 1.165) is 0 Å². The summed E-state index contributed by atoms with van der Waals surface area (Å²) in [7, 11) is -3.68. The van der Waals surface area contributed by atoms with Gasteiger partial charge in [-0.25, -0.2) is 8.42 Å². The smallest absolute Gasteiger partial charge is 0.306 e. The number of carbonyl (C=O) groups excluding carboxylic acids is 2. The van der Waals surface area contributed by atoms with Gasteiger partial charge in [-0.15, -0.1) is 0 Å². The highest BCUT2D eigenvalue weighted by Crippen LogP contribution is 2.27. The Morgan fingerprint density at radius 2 is 1.84 bits per heavy atom. The van der Waals surface area contributed by atoms with Gasteiger partial charge < -0.3 is 10.1 Å². The average Bonchev–Trinajstić information content (AvgIpc) is 2.57. The fourth-order valence-electron chi connectivity index (χ4n) is 2.04. The lowest BCUT2D eigenvalue weighted by Gasteiger charge is -2.19. The molecule has 1 N–H and O–H groups in total. The number of amides is 1. The van der Waals surface area contributed by atoms with E-state index in [9.17, 15) is 18.0 Å². The molecule has 0 aliphatic carbocycles. The van der Waals surface area contributed by atoms with Crippen LogP contribution in [0.25, 0.3) is 0 Å². The third-order valence-electron chi connectivity index (χ3n) is 3.51. The van der Waals surface area contributed by atoms with E-state index < -0.39 is 28.0 Å². The Labute approximate surface area is 153 Å². The van der Waals surface area contributed by atoms with Gasteiger partial charge in [0.15, 0.2) is 6.10 Å². The van der Waals surface area contributed by atoms with E-state index in [-0.39, 0.29) is 22.0 Å². The van der Waals surface area contributed by atoms with Crippen molar-refractivity contribution in [1.29, 1.82) is 0 Å². The van der Waals surface area contributed by atoms with Crippen molar-refractivity contribution < 1.29 is 22.7 Å². The normalized spacial score (nSPS) is 12.7. The number of hydrogen-bond donors (Lipinski definition) is 1. The van der Waals surface area contributed by atoms with Crippen molar-refractivity contribution in [3.63, 3.8) is 0 Å². The largest absolute Gasteiger partial charge is 0.453 e. The molecule has 0 saturated heterocycles. The molecule has 0 aliphatic rings. The van der Waals surface area contributed by atoms with Gasteiger partial charge in [0.25, 0.3) is 5.91 Å². The second-order valence-corrected chi connectivity index (χ2v) is 7.55. The summed E-state index contributed by atoms with van der Waals surface area (Å²) in [4.78, 5) is 23.4. The van der Waals surface area contributed by atoms with Crippen LogP contribution in [0.2, 0.25) is 5.02 Å². The van der Waals surface area contributed by atoms with E-state index in [0.29, 0.717) is 13.1 Å². The highest BCUT2D eigenvalue weighted by molar-refractivity contribution is 7.89. The summed E-state index contributed by atoms with van der Waals surface area (Å²) in [6.07, 6.45) is -0.873. The minimum Gasteiger partial charge on any atom is -0.453 e. The Hall–Kier alpha value is -1.64. The summed E-state index contributed by atoms with van der Waals surface area (Å²) in [5.74, 6) is -1.10. The Kier molecular flexibility index (Phi) is 7.85. The molecule has 1 amide bonds. The first-order valence-electron chi connectivity index (χ1n) is 7.97. The summed E-state index contributed by atoms with van der Waals surface area (Å²) in [6.45, 7) is 7.17. The van der Waals surface area contributed by atoms with Crippen molar-refractivity contribution in [1.82, 2.24) is 4.31 Å². The topological polar surface area (TPSA) is 92.8 Å². The minimum atomic E-state index is -3.68. The number of esters is 1. The summed E-state index contributed by atoms with van der Waals surface area (Å²) in [5, 5.41) is 2.68. The van der Waals surface area contributed by atoms with Gasteiger partial charge in [-0.1, -0.05) is 32.4 Å². The van der Waals surface area contributed by atoms with Crippen LogP contribution in [0.3, 0.4) is 0 Å². The van der Waals surface area contributed by atoms with Crippen molar-refractivity contribution >= 4 is 39.2 Å². The van der Waals surface area contributed by atoms with Crippen LogP contribution in [-0.2, 0) is 24.3 Å². The van der Waals surface area contributed by atoms with Gasteiger partial charge in [0.2, 0.25) is 10.0 Å². The van der Waals surface area contributed by atoms with Crippen molar-refractivity contribution in [2.45, 2.75) is 45.1 Å². The molecular formula is C16H23ClN2O5S. The fraction of sp³-hybridized carbons (Fsp3) is 0.500. The molecule has 0 aliphatic heterocycles. The van der Waals surface area contributed by atoms with E-state index in [1.54, 1.807) is 20.8 Å². The number of rotatable bonds is 8. The zero-order valence-electron chi connectivity index (χ0n) is 14.7. The van der Waals surface area contributed by atoms with Crippen molar-refractivity contribution in [2.75, 3.05) is 18.4 Å². The number of sulfonamides is 1. The molecule has 1 aromatic carbocycles. The molecule has 1 unspecified atom stereocenters. The molecule has 0 fully saturated rings. The number of nitrogens with zero attached hydrogens (tertiary/aromatic N) is 1. The maximum Gasteiger partial charge on any atom is 0.306 e. The number of carbonyl (C=O) groups is 2. The van der Waals surface area contributed by atoms with Gasteiger partial charge in [-0.05, 0) is 25.1 Å². The monoisotopic (exact) mass is 390 g/mol. The number of halogens is 1. The van der Waals surface area contributed by atoms with Gasteiger partial charge in [0.05, 0.1) is 15.6 Å². The zero-order valence-corrected chi connectivity index (χ0v) is 16.3. The Balaban J connectivity index is 3.06. The first kappa shape index (κ1) is 21.4. The van der Waals surface area contributed by atoms with Crippen LogP contribution in [0.1, 0.15) is 34.1 Å². The summed E-state index contributed by atoms with van der Waals surface area (Å²) >= 11 is 6.04. The average molecular weight is 391 g/mol. The first-order valence-corrected chi connectivity index (χ1v) is 9.79. The molecule has 1 rings (SSSR count). The predicted molar refractivity (Wildman–Crippen MR) is 96.0 cm³/mol. The van der Waals surface area contributed by atoms with E-state index in [4.69, 9.17) is 16.3 Å². The van der Waals surface area contributed by atoms with Gasteiger partial charge in [0, 0.05) is 19.5 Å². The molecule has 7 nitrogen and oxygen atoms in total. The SMILES string of the molecule is CCC(=O)OC(C)C(=O)Nc1cc(S(=O)(=O)N(CC)CC)ccc1Cl. The third kappa shape index (κ3) is 5.42. The number of ether oxygens (including phenoxy) is 1. The van der Waals surface area contributed by atoms with Crippen molar-refractivity contribution in [3.8, 4) is 0 Å². The molecule has 1 aromatic rings. The fourth-order valence-corrected chi connectivity index (χ4v) is 3.69. The Morgan fingerprint density at radius 1 is 1.24 bits per heavy atom. The number of nitrogens with one attached hydrogen (secondary N) is 1. The highest BCUT2D eigenvalue weighted by Gasteiger charge is 2.24. The molecule has 25 heavy (non-hydrogen) atoms. The second kappa shape index (κ2) is 9.17. The van der Waals surface area contributed by atoms with Crippen molar-refractivity contribution in [2.24, 2.45) is 0 Å². The molecule has 0 bridgehead atoms. The minimum absolute atomic E-state index is 0.0223. The summed E-state index contributed by atoms with van der Waals surface area (Å²) in [6, 6.07) is 4.07. The molecule has 0 saturated carbocycles. The number of benzene rings is 1. The van der Waals surface area contributed by atoms with Crippen LogP contribution < -0.4 is 5.32 Å². The molecule has 0 spiro atoms. The second-order valence-electron chi connectivity index (χ2n) is 5.21. The maximum absolute atomic E-state index is 12.6. The predicted octanol–water partition coefficient (Wildman–Crippen LogP) is 2.65. The van der Waals surface area contributed by atoms with E-state index in [1.807, 2.05) is 0 Å². The van der Waals surface area contributed by atoms with Crippen molar-refractivity contribution in [3.05, 3.63) is 23.2 Å². The first-order chi connectivity index (χ1) is 11.7. The molecule has 0 radical (unpaired) electrons. The molecule has 140 valence electrons. The molecule has 0 aromatic heterocycles. The van der Waals surface area contributed by atoms with Gasteiger partial charge in [0.1, 0.15) is 0 Å². The van der Waals surface area contributed by atoms with E-state index >= 15 is 0 Å². The van der Waals surface area contributed by atoms with Crippen LogP contribution >= 0.6 is 11.6 Å². The van der Waals surface area contributed by atoms with Gasteiger partial charge in [-0.2, -0.15) is 4.31 Å². The zero-order chi connectivity index (χ0) is 19.2. The molecular weight excluding hydrogens is 368 g/mol. The maximum atomic E-state index is 12.6. The quantitative estimate of drug-likeness (QED) is 0.689. The molecule has 0 heterocycles. The van der Waals surface area contributed by atoms with Crippen LogP contribution in [-0.4, -0.2) is 43.8 Å². The lowest BCUT2D eigenvalue weighted by molar-refractivity contribution is -0.152. The number of hydrogen-bond acceptors (Lipinski definition) is 5. The van der Waals surface area contributed by atoms with E-state index in [1.165, 1.54) is 29.4 Å². The van der Waals surface area contributed by atoms with Crippen LogP contribution in [0.4, 0.5) is 5.69 Å². The number of anilines is 1. The van der Waals surface area contributed by atoms with Gasteiger partial charge in [-0.3, -0.25) is 9.59 Å². The Morgan fingerprint density at radius 3 is 2.36 bits per heavy atom. The molecule has 9 heteroatoms. The van der Waals surface area contributed by atoms with E-state index in [2.05, 4.69) is 5.32 Å². The standard InChI is InChI=1S/C16H23ClN2O5S/c1-5-15(20)24-11(4)16(21)18-14-10-12(8-9-13(14)17)25(22,23)19(6-2)7-3/h8-11H,5-7H2,1-4H3,(H,18,21). The Bertz CT molecular complexity index is 732. The van der Waals surface area contributed by atoms with Crippen LogP contribution in [0.15, 0.2) is 23.1 Å². The lowest BCUT2D eigenvalue weighted by Crippen LogP contribution is -2.31. The van der Waals surface area contributed by atoms with Crippen LogP contribution in [0.5, 0.6) is 0 Å². The summed E-state index contributed by atoms with van der Waals surface area (Å²) < 4.78 is 31.3.